The minimum Gasteiger partial charge on any atom is -0.444 e. The first-order valence-corrected chi connectivity index (χ1v) is 7.76. The molecule has 0 spiro atoms. The summed E-state index contributed by atoms with van der Waals surface area (Å²) in [6.45, 7) is 1.52. The molecule has 2 amide bonds. The molecule has 1 aromatic rings. The van der Waals surface area contributed by atoms with Gasteiger partial charge in [-0.25, -0.2) is 0 Å². The number of hydrogen-bond donors (Lipinski definition) is 1. The third-order valence-electron chi connectivity index (χ3n) is 3.69. The number of likely N-dealkylation sites (tertiary alicyclic amines) is 1. The van der Waals surface area contributed by atoms with Crippen LogP contribution in [0.1, 0.15) is 23.4 Å². The molecule has 0 aromatic carbocycles. The zero-order valence-electron chi connectivity index (χ0n) is 12.7. The van der Waals surface area contributed by atoms with E-state index in [0.717, 1.165) is 19.4 Å². The van der Waals surface area contributed by atoms with Crippen LogP contribution >= 0.6 is 28.3 Å². The van der Waals surface area contributed by atoms with Crippen molar-refractivity contribution in [2.45, 2.75) is 18.9 Å². The van der Waals surface area contributed by atoms with Crippen LogP contribution in [0.3, 0.4) is 0 Å². The van der Waals surface area contributed by atoms with E-state index in [-0.39, 0.29) is 36.5 Å². The van der Waals surface area contributed by atoms with Crippen LogP contribution < -0.4 is 5.32 Å². The van der Waals surface area contributed by atoms with Crippen LogP contribution in [-0.4, -0.2) is 61.4 Å². The summed E-state index contributed by atoms with van der Waals surface area (Å²) in [5.74, 6) is -0.100. The van der Waals surface area contributed by atoms with Crippen LogP contribution in [0.4, 0.5) is 0 Å². The molecule has 2 rings (SSSR count). The molecule has 1 aliphatic heterocycles. The lowest BCUT2D eigenvalue weighted by atomic mass is 10.1. The Balaban J connectivity index is 0.00000242. The summed E-state index contributed by atoms with van der Waals surface area (Å²) in [6.07, 6.45) is 2.06. The number of hydrogen-bond acceptors (Lipinski definition) is 4. The fourth-order valence-electron chi connectivity index (χ4n) is 2.43. The normalized spacial score (nSPS) is 17.8. The summed E-state index contributed by atoms with van der Waals surface area (Å²) in [6, 6.07) is 3.58. The fraction of sp³-hybridized carbons (Fsp3) is 0.571. The molecule has 0 radical (unpaired) electrons. The number of amides is 2. The van der Waals surface area contributed by atoms with Gasteiger partial charge >= 0.3 is 0 Å². The SMILES string of the molecule is CNC1CCCN(C(=O)CN(C)C(=O)c2ccc(Br)o2)C1.Cl. The molecular weight excluding hydrogens is 374 g/mol. The zero-order valence-corrected chi connectivity index (χ0v) is 15.1. The van der Waals surface area contributed by atoms with Gasteiger partial charge in [0.1, 0.15) is 0 Å². The molecule has 1 N–H and O–H groups in total. The number of halogens is 2. The molecule has 22 heavy (non-hydrogen) atoms. The first-order valence-electron chi connectivity index (χ1n) is 6.97. The van der Waals surface area contributed by atoms with Crippen molar-refractivity contribution in [1.82, 2.24) is 15.1 Å². The van der Waals surface area contributed by atoms with E-state index in [2.05, 4.69) is 21.2 Å². The van der Waals surface area contributed by atoms with Gasteiger partial charge in [-0.3, -0.25) is 9.59 Å². The Morgan fingerprint density at radius 2 is 2.23 bits per heavy atom. The number of nitrogens with zero attached hydrogens (tertiary/aromatic N) is 2. The lowest BCUT2D eigenvalue weighted by Crippen LogP contribution is -2.50. The third-order valence-corrected chi connectivity index (χ3v) is 4.11. The zero-order chi connectivity index (χ0) is 15.4. The van der Waals surface area contributed by atoms with Crippen molar-refractivity contribution in [1.29, 1.82) is 0 Å². The van der Waals surface area contributed by atoms with E-state index in [1.165, 1.54) is 4.90 Å². The van der Waals surface area contributed by atoms with Gasteiger partial charge in [0.2, 0.25) is 5.91 Å². The topological polar surface area (TPSA) is 65.8 Å². The third kappa shape index (κ3) is 4.72. The molecule has 0 bridgehead atoms. The van der Waals surface area contributed by atoms with Crippen LogP contribution in [-0.2, 0) is 4.79 Å². The van der Waals surface area contributed by atoms with Gasteiger partial charge < -0.3 is 19.5 Å². The average molecular weight is 395 g/mol. The van der Waals surface area contributed by atoms with Gasteiger partial charge in [-0.2, -0.15) is 0 Å². The van der Waals surface area contributed by atoms with Crippen molar-refractivity contribution in [2.24, 2.45) is 0 Å². The summed E-state index contributed by atoms with van der Waals surface area (Å²) in [7, 11) is 3.51. The van der Waals surface area contributed by atoms with E-state index in [4.69, 9.17) is 4.42 Å². The first kappa shape index (κ1) is 19.0. The van der Waals surface area contributed by atoms with Crippen LogP contribution in [0, 0.1) is 0 Å². The molecule has 1 saturated heterocycles. The predicted octanol–water partition coefficient (Wildman–Crippen LogP) is 1.75. The maximum Gasteiger partial charge on any atom is 0.289 e. The highest BCUT2D eigenvalue weighted by molar-refractivity contribution is 9.10. The van der Waals surface area contributed by atoms with Crippen LogP contribution in [0.2, 0.25) is 0 Å². The molecule has 2 heterocycles. The smallest absolute Gasteiger partial charge is 0.289 e. The molecule has 124 valence electrons. The number of carbonyl (C=O) groups is 2. The highest BCUT2D eigenvalue weighted by Gasteiger charge is 2.25. The number of rotatable bonds is 4. The summed E-state index contributed by atoms with van der Waals surface area (Å²) in [5, 5.41) is 3.20. The van der Waals surface area contributed by atoms with Crippen molar-refractivity contribution < 1.29 is 14.0 Å². The maximum atomic E-state index is 12.3. The van der Waals surface area contributed by atoms with E-state index in [1.807, 2.05) is 11.9 Å². The largest absolute Gasteiger partial charge is 0.444 e. The van der Waals surface area contributed by atoms with Gasteiger partial charge in [0, 0.05) is 26.2 Å². The Hall–Kier alpha value is -1.05. The second-order valence-corrected chi connectivity index (χ2v) is 6.01. The average Bonchev–Trinajstić information content (AvgIpc) is 2.92. The van der Waals surface area contributed by atoms with Gasteiger partial charge in [0.15, 0.2) is 10.4 Å². The minimum absolute atomic E-state index is 0. The first-order chi connectivity index (χ1) is 10.0. The summed E-state index contributed by atoms with van der Waals surface area (Å²) in [4.78, 5) is 27.6. The van der Waals surface area contributed by atoms with Crippen molar-refractivity contribution in [3.8, 4) is 0 Å². The monoisotopic (exact) mass is 393 g/mol. The van der Waals surface area contributed by atoms with E-state index >= 15 is 0 Å². The summed E-state index contributed by atoms with van der Waals surface area (Å²) >= 11 is 3.16. The van der Waals surface area contributed by atoms with Gasteiger partial charge in [-0.1, -0.05) is 0 Å². The molecule has 1 aromatic heterocycles. The number of likely N-dealkylation sites (N-methyl/N-ethyl adjacent to an activating group) is 2. The Bertz CT molecular complexity index is 523. The van der Waals surface area contributed by atoms with Gasteiger partial charge in [-0.05, 0) is 48.0 Å². The highest BCUT2D eigenvalue weighted by Crippen LogP contribution is 2.16. The van der Waals surface area contributed by atoms with Crippen molar-refractivity contribution in [3.05, 3.63) is 22.6 Å². The summed E-state index contributed by atoms with van der Waals surface area (Å²) < 4.78 is 5.72. The van der Waals surface area contributed by atoms with Crippen LogP contribution in [0.25, 0.3) is 0 Å². The number of piperidine rings is 1. The van der Waals surface area contributed by atoms with Crippen LogP contribution in [0.5, 0.6) is 0 Å². The highest BCUT2D eigenvalue weighted by atomic mass is 79.9. The lowest BCUT2D eigenvalue weighted by molar-refractivity contribution is -0.133. The van der Waals surface area contributed by atoms with E-state index in [0.29, 0.717) is 17.3 Å². The lowest BCUT2D eigenvalue weighted by Gasteiger charge is -2.33. The Kier molecular flexibility index (Phi) is 7.38. The predicted molar refractivity (Wildman–Crippen MR) is 89.3 cm³/mol. The summed E-state index contributed by atoms with van der Waals surface area (Å²) in [5.41, 5.74) is 0. The standard InChI is InChI=1S/C14H20BrN3O3.ClH/c1-16-10-4-3-7-18(8-10)13(19)9-17(2)14(20)11-5-6-12(15)21-11;/h5-6,10,16H,3-4,7-9H2,1-2H3;1H. The molecular formula is C14H21BrClN3O3. The molecule has 8 heteroatoms. The van der Waals surface area contributed by atoms with Crippen LogP contribution in [0.15, 0.2) is 21.2 Å². The Morgan fingerprint density at radius 1 is 1.50 bits per heavy atom. The van der Waals surface area contributed by atoms with Gasteiger partial charge in [-0.15, -0.1) is 12.4 Å². The number of furan rings is 1. The second kappa shape index (κ2) is 8.55. The molecule has 1 aliphatic rings. The molecule has 0 aliphatic carbocycles. The molecule has 1 fully saturated rings. The molecule has 1 unspecified atom stereocenters. The minimum atomic E-state index is -0.295. The van der Waals surface area contributed by atoms with Gasteiger partial charge in [0.05, 0.1) is 6.54 Å². The Morgan fingerprint density at radius 3 is 2.82 bits per heavy atom. The van der Waals surface area contributed by atoms with E-state index in [9.17, 15) is 9.59 Å². The fourth-order valence-corrected chi connectivity index (χ4v) is 2.74. The van der Waals surface area contributed by atoms with E-state index in [1.54, 1.807) is 19.2 Å². The number of carbonyl (C=O) groups excluding carboxylic acids is 2. The maximum absolute atomic E-state index is 12.3. The van der Waals surface area contributed by atoms with Crippen molar-refractivity contribution in [2.75, 3.05) is 33.7 Å². The quantitative estimate of drug-likeness (QED) is 0.845. The molecule has 6 nitrogen and oxygen atoms in total. The molecule has 0 saturated carbocycles. The van der Waals surface area contributed by atoms with Crippen molar-refractivity contribution in [3.63, 3.8) is 0 Å². The van der Waals surface area contributed by atoms with E-state index < -0.39 is 0 Å². The van der Waals surface area contributed by atoms with Crippen molar-refractivity contribution >= 4 is 40.2 Å². The number of nitrogens with one attached hydrogen (secondary N) is 1. The van der Waals surface area contributed by atoms with Gasteiger partial charge in [0.25, 0.3) is 5.91 Å². The second-order valence-electron chi connectivity index (χ2n) is 5.23. The molecule has 1 atom stereocenters. The Labute approximate surface area is 144 Å².